The molecule has 1 fully saturated rings. The van der Waals surface area contributed by atoms with Crippen molar-refractivity contribution in [2.24, 2.45) is 0 Å². The fraction of sp³-hybridized carbons (Fsp3) is 0.571. The molecule has 0 aromatic heterocycles. The molecule has 1 N–H and O–H groups in total. The summed E-state index contributed by atoms with van der Waals surface area (Å²) in [5, 5.41) is 3.57. The van der Waals surface area contributed by atoms with Crippen LogP contribution in [-0.2, 0) is 6.54 Å². The van der Waals surface area contributed by atoms with Crippen LogP contribution < -0.4 is 5.32 Å². The Morgan fingerprint density at radius 3 is 2.88 bits per heavy atom. The van der Waals surface area contributed by atoms with E-state index in [4.69, 9.17) is 0 Å². The molecule has 1 aromatic rings. The van der Waals surface area contributed by atoms with Gasteiger partial charge in [-0.05, 0) is 31.5 Å². The Morgan fingerprint density at radius 2 is 2.12 bits per heavy atom. The number of likely N-dealkylation sites (N-methyl/N-ethyl adjacent to an activating group) is 1. The second-order valence-electron chi connectivity index (χ2n) is 4.54. The summed E-state index contributed by atoms with van der Waals surface area (Å²) in [6.45, 7) is 6.86. The van der Waals surface area contributed by atoms with Crippen molar-refractivity contribution in [2.75, 3.05) is 19.6 Å². The van der Waals surface area contributed by atoms with Crippen LogP contribution in [-0.4, -0.2) is 30.6 Å². The van der Waals surface area contributed by atoms with Gasteiger partial charge < -0.3 is 5.32 Å². The zero-order valence-electron chi connectivity index (χ0n) is 10.2. The highest BCUT2D eigenvalue weighted by atomic mass is 15.2. The number of likely N-dealkylation sites (tertiary alicyclic amines) is 1. The summed E-state index contributed by atoms with van der Waals surface area (Å²) in [5.41, 5.74) is 1.38. The Kier molecular flexibility index (Phi) is 4.37. The Bertz CT molecular complexity index is 297. The zero-order chi connectivity index (χ0) is 11.2. The average molecular weight is 218 g/mol. The Balaban J connectivity index is 1.72. The first-order valence-electron chi connectivity index (χ1n) is 6.39. The first-order valence-corrected chi connectivity index (χ1v) is 6.39. The maximum absolute atomic E-state index is 3.57. The van der Waals surface area contributed by atoms with Gasteiger partial charge in [0.2, 0.25) is 0 Å². The molecule has 2 nitrogen and oxygen atoms in total. The smallest absolute Gasteiger partial charge is 0.0221 e. The van der Waals surface area contributed by atoms with Crippen molar-refractivity contribution < 1.29 is 0 Å². The summed E-state index contributed by atoms with van der Waals surface area (Å²) in [5.74, 6) is 0. The van der Waals surface area contributed by atoms with Gasteiger partial charge in [0.05, 0.1) is 0 Å². The van der Waals surface area contributed by atoms with E-state index in [1.54, 1.807) is 0 Å². The lowest BCUT2D eigenvalue weighted by Crippen LogP contribution is -2.37. The molecule has 2 rings (SSSR count). The molecular formula is C14H22N2. The Morgan fingerprint density at radius 1 is 1.31 bits per heavy atom. The molecule has 1 aromatic carbocycles. The summed E-state index contributed by atoms with van der Waals surface area (Å²) in [7, 11) is 0. The van der Waals surface area contributed by atoms with Crippen LogP contribution in [0, 0.1) is 0 Å². The van der Waals surface area contributed by atoms with Crippen LogP contribution >= 0.6 is 0 Å². The molecule has 0 saturated carbocycles. The van der Waals surface area contributed by atoms with E-state index in [0.717, 1.165) is 19.1 Å². The second-order valence-corrected chi connectivity index (χ2v) is 4.54. The summed E-state index contributed by atoms with van der Waals surface area (Å²) in [4.78, 5) is 2.58. The van der Waals surface area contributed by atoms with Crippen molar-refractivity contribution in [3.05, 3.63) is 35.9 Å². The fourth-order valence-electron chi connectivity index (χ4n) is 2.52. The van der Waals surface area contributed by atoms with Crippen LogP contribution in [0.3, 0.4) is 0 Å². The SMILES string of the molecule is CCN1CCCC1CNCc1ccccc1. The number of nitrogens with one attached hydrogen (secondary N) is 1. The third-order valence-corrected chi connectivity index (χ3v) is 3.46. The molecule has 0 radical (unpaired) electrons. The van der Waals surface area contributed by atoms with Crippen molar-refractivity contribution >= 4 is 0 Å². The lowest BCUT2D eigenvalue weighted by molar-refractivity contribution is 0.260. The monoisotopic (exact) mass is 218 g/mol. The normalized spacial score (nSPS) is 21.4. The largest absolute Gasteiger partial charge is 0.311 e. The van der Waals surface area contributed by atoms with E-state index in [0.29, 0.717) is 0 Å². The van der Waals surface area contributed by atoms with Gasteiger partial charge in [-0.1, -0.05) is 37.3 Å². The average Bonchev–Trinajstić information content (AvgIpc) is 2.78. The minimum absolute atomic E-state index is 0.758. The summed E-state index contributed by atoms with van der Waals surface area (Å²) < 4.78 is 0. The quantitative estimate of drug-likeness (QED) is 0.815. The van der Waals surface area contributed by atoms with Gasteiger partial charge in [0.25, 0.3) is 0 Å². The molecular weight excluding hydrogens is 196 g/mol. The molecule has 1 atom stereocenters. The van der Waals surface area contributed by atoms with Crippen LogP contribution in [0.4, 0.5) is 0 Å². The molecule has 0 bridgehead atoms. The second kappa shape index (κ2) is 6.02. The van der Waals surface area contributed by atoms with Gasteiger partial charge in [0, 0.05) is 19.1 Å². The van der Waals surface area contributed by atoms with Gasteiger partial charge >= 0.3 is 0 Å². The van der Waals surface area contributed by atoms with Crippen LogP contribution in [0.25, 0.3) is 0 Å². The van der Waals surface area contributed by atoms with Crippen molar-refractivity contribution in [1.82, 2.24) is 10.2 Å². The topological polar surface area (TPSA) is 15.3 Å². The Hall–Kier alpha value is -0.860. The number of rotatable bonds is 5. The molecule has 1 heterocycles. The highest BCUT2D eigenvalue weighted by Gasteiger charge is 2.21. The van der Waals surface area contributed by atoms with Crippen LogP contribution in [0.2, 0.25) is 0 Å². The molecule has 1 aliphatic rings. The lowest BCUT2D eigenvalue weighted by atomic mass is 10.2. The van der Waals surface area contributed by atoms with Crippen LogP contribution in [0.15, 0.2) is 30.3 Å². The van der Waals surface area contributed by atoms with Gasteiger partial charge in [-0.15, -0.1) is 0 Å². The van der Waals surface area contributed by atoms with Crippen molar-refractivity contribution in [3.63, 3.8) is 0 Å². The van der Waals surface area contributed by atoms with Gasteiger partial charge in [-0.2, -0.15) is 0 Å². The third-order valence-electron chi connectivity index (χ3n) is 3.46. The Labute approximate surface area is 98.7 Å². The fourth-order valence-corrected chi connectivity index (χ4v) is 2.52. The van der Waals surface area contributed by atoms with E-state index >= 15 is 0 Å². The number of hydrogen-bond donors (Lipinski definition) is 1. The van der Waals surface area contributed by atoms with E-state index in [2.05, 4.69) is 47.5 Å². The summed E-state index contributed by atoms with van der Waals surface area (Å²) >= 11 is 0. The highest BCUT2D eigenvalue weighted by Crippen LogP contribution is 2.15. The molecule has 0 spiro atoms. The molecule has 0 amide bonds. The van der Waals surface area contributed by atoms with Crippen molar-refractivity contribution in [1.29, 1.82) is 0 Å². The number of nitrogens with zero attached hydrogens (tertiary/aromatic N) is 1. The predicted octanol–water partition coefficient (Wildman–Crippen LogP) is 2.26. The van der Waals surface area contributed by atoms with Crippen LogP contribution in [0.1, 0.15) is 25.3 Å². The molecule has 0 aliphatic carbocycles. The molecule has 1 unspecified atom stereocenters. The van der Waals surface area contributed by atoms with Gasteiger partial charge in [0.15, 0.2) is 0 Å². The minimum Gasteiger partial charge on any atom is -0.311 e. The van der Waals surface area contributed by atoms with E-state index in [-0.39, 0.29) is 0 Å². The van der Waals surface area contributed by atoms with E-state index < -0.39 is 0 Å². The highest BCUT2D eigenvalue weighted by molar-refractivity contribution is 5.14. The van der Waals surface area contributed by atoms with Crippen LogP contribution in [0.5, 0.6) is 0 Å². The summed E-state index contributed by atoms with van der Waals surface area (Å²) in [6.07, 6.45) is 2.72. The number of benzene rings is 1. The van der Waals surface area contributed by atoms with Crippen molar-refractivity contribution in [3.8, 4) is 0 Å². The molecule has 2 heteroatoms. The van der Waals surface area contributed by atoms with Gasteiger partial charge in [-0.3, -0.25) is 4.90 Å². The van der Waals surface area contributed by atoms with Gasteiger partial charge in [-0.25, -0.2) is 0 Å². The predicted molar refractivity (Wildman–Crippen MR) is 68.4 cm³/mol. The third kappa shape index (κ3) is 3.06. The van der Waals surface area contributed by atoms with E-state index in [9.17, 15) is 0 Å². The zero-order valence-corrected chi connectivity index (χ0v) is 10.2. The number of hydrogen-bond acceptors (Lipinski definition) is 2. The first kappa shape index (κ1) is 11.6. The molecule has 1 saturated heterocycles. The standard InChI is InChI=1S/C14H22N2/c1-2-16-10-6-9-14(16)12-15-11-13-7-4-3-5-8-13/h3-5,7-8,14-15H,2,6,9-12H2,1H3. The molecule has 88 valence electrons. The maximum atomic E-state index is 3.57. The van der Waals surface area contributed by atoms with E-state index in [1.165, 1.54) is 31.5 Å². The van der Waals surface area contributed by atoms with E-state index in [1.807, 2.05) is 0 Å². The lowest BCUT2D eigenvalue weighted by Gasteiger charge is -2.22. The first-order chi connectivity index (χ1) is 7.90. The van der Waals surface area contributed by atoms with Gasteiger partial charge in [0.1, 0.15) is 0 Å². The van der Waals surface area contributed by atoms with Crippen molar-refractivity contribution in [2.45, 2.75) is 32.4 Å². The molecule has 1 aliphatic heterocycles. The minimum atomic E-state index is 0.758. The summed E-state index contributed by atoms with van der Waals surface area (Å²) in [6, 6.07) is 11.4. The maximum Gasteiger partial charge on any atom is 0.0221 e. The molecule has 16 heavy (non-hydrogen) atoms.